The van der Waals surface area contributed by atoms with E-state index in [1.165, 1.54) is 0 Å². The molecule has 0 fully saturated rings. The van der Waals surface area contributed by atoms with Gasteiger partial charge in [-0.1, -0.05) is 22.0 Å². The quantitative estimate of drug-likeness (QED) is 0.650. The molecule has 0 aliphatic rings. The molecule has 3 heteroatoms. The van der Waals surface area contributed by atoms with Crippen LogP contribution in [0.3, 0.4) is 0 Å². The Labute approximate surface area is 90.9 Å². The fraction of sp³-hybridized carbons (Fsp3) is 0.143. The Hall–Kier alpha value is 0.500. The van der Waals surface area contributed by atoms with Gasteiger partial charge in [0.2, 0.25) is 0 Å². The predicted octanol–water partition coefficient (Wildman–Crippen LogP) is 2.08. The summed E-state index contributed by atoms with van der Waals surface area (Å²) in [7, 11) is 0. The molecule has 49 valence electrons. The van der Waals surface area contributed by atoms with Crippen molar-refractivity contribution in [1.82, 2.24) is 0 Å². The second-order valence-corrected chi connectivity index (χ2v) is 2.74. The topological polar surface area (TPSA) is 20.2 Å². The van der Waals surface area contributed by atoms with E-state index in [0.717, 1.165) is 10.0 Å². The first-order valence-electron chi connectivity index (χ1n) is 2.66. The Morgan fingerprint density at radius 3 is 2.40 bits per heavy atom. The first kappa shape index (κ1) is 10.5. The number of phenols is 1. The van der Waals surface area contributed by atoms with Gasteiger partial charge in [-0.3, -0.25) is 0 Å². The number of benzene rings is 1. The minimum Gasteiger partial charge on any atom is -0.508 e. The molecule has 1 N–H and O–H groups in total. The molecule has 1 aromatic rings. The molecule has 1 nitrogen and oxygen atoms in total. The predicted molar refractivity (Wildman–Crippen MR) is 46.3 cm³/mol. The van der Waals surface area contributed by atoms with Gasteiger partial charge >= 0.3 is 0 Å². The molecule has 0 saturated heterocycles. The normalized spacial score (nSPS) is 8.60. The number of aromatic hydroxyl groups is 1. The van der Waals surface area contributed by atoms with Crippen LogP contribution in [0.2, 0.25) is 0 Å². The summed E-state index contributed by atoms with van der Waals surface area (Å²) >= 11 is 3.29. The van der Waals surface area contributed by atoms with E-state index in [0.29, 0.717) is 5.75 Å². The Kier molecular flexibility index (Phi) is 4.61. The zero-order valence-corrected chi connectivity index (χ0v) is 9.64. The molecule has 1 rings (SSSR count). The fourth-order valence-electron chi connectivity index (χ4n) is 0.596. The van der Waals surface area contributed by atoms with Crippen molar-refractivity contribution in [1.29, 1.82) is 0 Å². The molecule has 0 bridgehead atoms. The minimum atomic E-state index is 0. The van der Waals surface area contributed by atoms with Crippen LogP contribution in [0.25, 0.3) is 0 Å². The van der Waals surface area contributed by atoms with Crippen molar-refractivity contribution in [3.8, 4) is 5.75 Å². The van der Waals surface area contributed by atoms with Crippen LogP contribution in [-0.4, -0.2) is 34.7 Å². The Morgan fingerprint density at radius 1 is 1.40 bits per heavy atom. The molecule has 1 radical (unpaired) electrons. The molecule has 1 aromatic carbocycles. The summed E-state index contributed by atoms with van der Waals surface area (Å²) in [6, 6.07) is 5.36. The van der Waals surface area contributed by atoms with Crippen LogP contribution in [0.4, 0.5) is 0 Å². The van der Waals surface area contributed by atoms with Gasteiger partial charge in [-0.15, -0.1) is 0 Å². The van der Waals surface area contributed by atoms with Gasteiger partial charge in [-0.2, -0.15) is 0 Å². The van der Waals surface area contributed by atoms with Gasteiger partial charge in [0.15, 0.2) is 0 Å². The van der Waals surface area contributed by atoms with Crippen LogP contribution >= 0.6 is 15.9 Å². The molecule has 0 saturated carbocycles. The maximum atomic E-state index is 9.07. The van der Waals surface area contributed by atoms with E-state index in [-0.39, 0.29) is 29.6 Å². The molecule has 0 heterocycles. The van der Waals surface area contributed by atoms with Crippen molar-refractivity contribution >= 4 is 45.5 Å². The van der Waals surface area contributed by atoms with Crippen molar-refractivity contribution in [2.75, 3.05) is 0 Å². The Balaban J connectivity index is 0.000000810. The van der Waals surface area contributed by atoms with Crippen molar-refractivity contribution in [2.24, 2.45) is 0 Å². The average molecular weight is 210 g/mol. The van der Waals surface area contributed by atoms with Crippen molar-refractivity contribution in [3.63, 3.8) is 0 Å². The van der Waals surface area contributed by atoms with E-state index in [4.69, 9.17) is 5.11 Å². The van der Waals surface area contributed by atoms with E-state index >= 15 is 0 Å². The minimum absolute atomic E-state index is 0. The maximum absolute atomic E-state index is 9.07. The third kappa shape index (κ3) is 2.27. The van der Waals surface area contributed by atoms with Gasteiger partial charge in [0.05, 0.1) is 0 Å². The monoisotopic (exact) mass is 209 g/mol. The second-order valence-electron chi connectivity index (χ2n) is 1.88. The molecule has 0 spiro atoms. The maximum Gasteiger partial charge on any atom is 0.119 e. The van der Waals surface area contributed by atoms with Crippen LogP contribution in [0.5, 0.6) is 5.75 Å². The van der Waals surface area contributed by atoms with Crippen LogP contribution in [0, 0.1) is 6.92 Å². The zero-order chi connectivity index (χ0) is 6.85. The summed E-state index contributed by atoms with van der Waals surface area (Å²) in [6.45, 7) is 1.86. The number of hydrogen-bond acceptors (Lipinski definition) is 1. The third-order valence-electron chi connectivity index (χ3n) is 1.24. The van der Waals surface area contributed by atoms with Crippen LogP contribution in [-0.2, 0) is 0 Å². The molecular weight excluding hydrogens is 203 g/mol. The van der Waals surface area contributed by atoms with Crippen molar-refractivity contribution in [3.05, 3.63) is 28.2 Å². The van der Waals surface area contributed by atoms with Gasteiger partial charge in [-0.05, 0) is 19.1 Å². The average Bonchev–Trinajstić information content (AvgIpc) is 1.83. The third-order valence-corrected chi connectivity index (χ3v) is 2.10. The van der Waals surface area contributed by atoms with Crippen LogP contribution < -0.4 is 0 Å². The van der Waals surface area contributed by atoms with Crippen molar-refractivity contribution in [2.45, 2.75) is 6.92 Å². The van der Waals surface area contributed by atoms with Crippen LogP contribution in [0.15, 0.2) is 22.7 Å². The summed E-state index contributed by atoms with van der Waals surface area (Å²) in [4.78, 5) is 0. The molecule has 0 atom stereocenters. The first-order chi connectivity index (χ1) is 4.22. The number of phenolic OH excluding ortho intramolecular Hbond substituents is 1. The van der Waals surface area contributed by atoms with E-state index in [1.807, 2.05) is 13.0 Å². The van der Waals surface area contributed by atoms with E-state index in [1.54, 1.807) is 12.1 Å². The smallest absolute Gasteiger partial charge is 0.119 e. The van der Waals surface area contributed by atoms with Gasteiger partial charge in [0, 0.05) is 39.6 Å². The van der Waals surface area contributed by atoms with E-state index < -0.39 is 0 Å². The number of halogens is 1. The Bertz CT molecular complexity index is 205. The summed E-state index contributed by atoms with van der Waals surface area (Å²) in [5, 5.41) is 9.07. The summed E-state index contributed by atoms with van der Waals surface area (Å²) in [6.07, 6.45) is 0. The van der Waals surface area contributed by atoms with Crippen LogP contribution in [0.1, 0.15) is 5.56 Å². The summed E-state index contributed by atoms with van der Waals surface area (Å²) in [5.41, 5.74) is 0.887. The van der Waals surface area contributed by atoms with Gasteiger partial charge in [0.25, 0.3) is 0 Å². The zero-order valence-electron chi connectivity index (χ0n) is 6.06. The van der Waals surface area contributed by atoms with E-state index in [2.05, 4.69) is 15.9 Å². The molecule has 0 aliphatic heterocycles. The Morgan fingerprint density at radius 2 is 2.00 bits per heavy atom. The molecular formula is C7H7BrNaO. The summed E-state index contributed by atoms with van der Waals surface area (Å²) in [5.74, 6) is 0.337. The molecule has 10 heavy (non-hydrogen) atoms. The van der Waals surface area contributed by atoms with Gasteiger partial charge in [0.1, 0.15) is 5.75 Å². The molecule has 0 amide bonds. The van der Waals surface area contributed by atoms with Gasteiger partial charge in [-0.25, -0.2) is 0 Å². The second kappa shape index (κ2) is 4.39. The standard InChI is InChI=1S/C7H7BrO.Na/c1-5-6(8)3-2-4-7(5)9;/h2-4,9H,1H3;. The van der Waals surface area contributed by atoms with E-state index in [9.17, 15) is 0 Å². The fourth-order valence-corrected chi connectivity index (χ4v) is 0.952. The molecule has 0 unspecified atom stereocenters. The molecule has 0 aliphatic carbocycles. The molecule has 0 aromatic heterocycles. The largest absolute Gasteiger partial charge is 0.508 e. The van der Waals surface area contributed by atoms with Crippen molar-refractivity contribution < 1.29 is 5.11 Å². The SMILES string of the molecule is Cc1c(O)cccc1Br.[Na]. The van der Waals surface area contributed by atoms with Gasteiger partial charge < -0.3 is 5.11 Å². The number of hydrogen-bond donors (Lipinski definition) is 1. The summed E-state index contributed by atoms with van der Waals surface area (Å²) < 4.78 is 0.947. The first-order valence-corrected chi connectivity index (χ1v) is 3.45. The number of rotatable bonds is 0.